The number of rotatable bonds is 7. The third-order valence-corrected chi connectivity index (χ3v) is 6.46. The molecule has 0 aliphatic carbocycles. The fraction of sp³-hybridized carbons (Fsp3) is 0.440. The minimum absolute atomic E-state index is 0.0629. The Bertz CT molecular complexity index is 1200. The van der Waals surface area contributed by atoms with E-state index in [4.69, 9.17) is 29.4 Å². The van der Waals surface area contributed by atoms with Crippen molar-refractivity contribution in [1.82, 2.24) is 9.47 Å². The van der Waals surface area contributed by atoms with Crippen LogP contribution in [0.25, 0.3) is 0 Å². The van der Waals surface area contributed by atoms with Crippen molar-refractivity contribution in [2.75, 3.05) is 54.2 Å². The zero-order valence-corrected chi connectivity index (χ0v) is 20.5. The number of benzene rings is 1. The Morgan fingerprint density at radius 2 is 1.80 bits per heavy atom. The third kappa shape index (κ3) is 4.71. The molecule has 1 fully saturated rings. The summed E-state index contributed by atoms with van der Waals surface area (Å²) in [6.45, 7) is 6.05. The predicted octanol–water partition coefficient (Wildman–Crippen LogP) is 1.37. The number of nitrogens with two attached hydrogens (primary N) is 1. The number of ether oxygens (including phenoxy) is 5. The summed E-state index contributed by atoms with van der Waals surface area (Å²) in [6, 6.07) is 7.01. The fourth-order valence-corrected chi connectivity index (χ4v) is 4.60. The van der Waals surface area contributed by atoms with Gasteiger partial charge in [0.05, 0.1) is 46.0 Å². The molecule has 2 N–H and O–H groups in total. The first-order valence-corrected chi connectivity index (χ1v) is 11.4. The van der Waals surface area contributed by atoms with Crippen molar-refractivity contribution in [2.24, 2.45) is 5.73 Å². The van der Waals surface area contributed by atoms with E-state index in [2.05, 4.69) is 4.90 Å². The van der Waals surface area contributed by atoms with E-state index in [1.54, 1.807) is 28.8 Å². The molecule has 1 aromatic carbocycles. The van der Waals surface area contributed by atoms with Crippen molar-refractivity contribution < 1.29 is 28.5 Å². The van der Waals surface area contributed by atoms with E-state index in [0.717, 1.165) is 18.8 Å². The van der Waals surface area contributed by atoms with E-state index in [9.17, 15) is 9.59 Å². The Balaban J connectivity index is 1.84. The number of aromatic nitrogens is 1. The number of methoxy groups -OCH3 is 3. The van der Waals surface area contributed by atoms with Gasteiger partial charge in [0.25, 0.3) is 5.56 Å². The predicted molar refractivity (Wildman–Crippen MR) is 128 cm³/mol. The van der Waals surface area contributed by atoms with Crippen molar-refractivity contribution >= 4 is 5.97 Å². The first-order chi connectivity index (χ1) is 16.9. The van der Waals surface area contributed by atoms with Gasteiger partial charge < -0.3 is 34.0 Å². The molecule has 10 nitrogen and oxygen atoms in total. The number of hydrogen-bond acceptors (Lipinski definition) is 9. The number of fused-ring (bicyclic) bond motifs is 1. The van der Waals surface area contributed by atoms with Gasteiger partial charge in [-0.2, -0.15) is 0 Å². The molecule has 35 heavy (non-hydrogen) atoms. The Morgan fingerprint density at radius 1 is 1.09 bits per heavy atom. The maximum atomic E-state index is 13.9. The zero-order valence-electron chi connectivity index (χ0n) is 20.5. The molecule has 2 aliphatic heterocycles. The second-order valence-corrected chi connectivity index (χ2v) is 8.39. The SMILES string of the molecule is COC(=O)C1=C(N)Oc2cc(C)n(CCN3CCOCC3)c(=O)c2[C@H]1c1ccc(OC)c(OC)c1. The molecule has 2 aromatic rings. The highest BCUT2D eigenvalue weighted by Crippen LogP contribution is 2.43. The average molecular weight is 486 g/mol. The van der Waals surface area contributed by atoms with Gasteiger partial charge in [-0.25, -0.2) is 4.79 Å². The van der Waals surface area contributed by atoms with Crippen LogP contribution in [0.15, 0.2) is 40.5 Å². The molecule has 1 atom stereocenters. The van der Waals surface area contributed by atoms with Crippen molar-refractivity contribution in [3.8, 4) is 17.2 Å². The van der Waals surface area contributed by atoms with Crippen LogP contribution in [0.2, 0.25) is 0 Å². The minimum atomic E-state index is -0.811. The summed E-state index contributed by atoms with van der Waals surface area (Å²) in [5, 5.41) is 0. The van der Waals surface area contributed by atoms with Crippen LogP contribution >= 0.6 is 0 Å². The molecule has 0 bridgehead atoms. The van der Waals surface area contributed by atoms with Crippen molar-refractivity contribution in [3.05, 3.63) is 62.9 Å². The molecule has 1 saturated heterocycles. The van der Waals surface area contributed by atoms with E-state index < -0.39 is 11.9 Å². The standard InChI is InChI=1S/C25H31N3O7/c1-15-13-19-21(24(29)28(15)8-7-27-9-11-34-12-10-27)20(22(23(26)35-19)25(30)33-4)16-5-6-17(31-2)18(14-16)32-3/h5-6,13-14,20H,7-12,26H2,1-4H3/t20-/m1/s1. The Labute approximate surface area is 203 Å². The highest BCUT2D eigenvalue weighted by Gasteiger charge is 2.38. The average Bonchev–Trinajstić information content (AvgIpc) is 2.87. The molecule has 0 unspecified atom stereocenters. The van der Waals surface area contributed by atoms with Gasteiger partial charge in [-0.05, 0) is 24.6 Å². The molecular weight excluding hydrogens is 454 g/mol. The molecule has 0 radical (unpaired) electrons. The zero-order chi connectivity index (χ0) is 25.1. The van der Waals surface area contributed by atoms with Crippen LogP contribution in [0.1, 0.15) is 22.7 Å². The second kappa shape index (κ2) is 10.4. The van der Waals surface area contributed by atoms with Gasteiger partial charge in [-0.3, -0.25) is 9.69 Å². The number of carbonyl (C=O) groups excluding carboxylic acids is 1. The Hall–Kier alpha value is -3.50. The fourth-order valence-electron chi connectivity index (χ4n) is 4.60. The number of pyridine rings is 1. The minimum Gasteiger partial charge on any atom is -0.493 e. The van der Waals surface area contributed by atoms with Crippen LogP contribution < -0.4 is 25.5 Å². The van der Waals surface area contributed by atoms with Crippen molar-refractivity contribution in [3.63, 3.8) is 0 Å². The van der Waals surface area contributed by atoms with Gasteiger partial charge in [0, 0.05) is 37.9 Å². The van der Waals surface area contributed by atoms with Gasteiger partial charge in [-0.1, -0.05) is 6.07 Å². The van der Waals surface area contributed by atoms with Crippen LogP contribution in [0, 0.1) is 6.92 Å². The summed E-state index contributed by atoms with van der Waals surface area (Å²) in [5.74, 6) is -0.289. The van der Waals surface area contributed by atoms with Gasteiger partial charge in [-0.15, -0.1) is 0 Å². The van der Waals surface area contributed by atoms with Crippen LogP contribution in [0.5, 0.6) is 17.2 Å². The molecule has 3 heterocycles. The van der Waals surface area contributed by atoms with Gasteiger partial charge in [0.1, 0.15) is 11.3 Å². The molecule has 10 heteroatoms. The summed E-state index contributed by atoms with van der Waals surface area (Å²) in [4.78, 5) is 29.0. The quantitative estimate of drug-likeness (QED) is 0.581. The maximum Gasteiger partial charge on any atom is 0.340 e. The highest BCUT2D eigenvalue weighted by molar-refractivity contribution is 5.92. The van der Waals surface area contributed by atoms with E-state index in [0.29, 0.717) is 54.7 Å². The molecule has 2 aliphatic rings. The van der Waals surface area contributed by atoms with Gasteiger partial charge >= 0.3 is 5.97 Å². The molecule has 0 saturated carbocycles. The third-order valence-electron chi connectivity index (χ3n) is 6.46. The monoisotopic (exact) mass is 485 g/mol. The summed E-state index contributed by atoms with van der Waals surface area (Å²) < 4.78 is 28.8. The second-order valence-electron chi connectivity index (χ2n) is 8.39. The molecule has 0 spiro atoms. The van der Waals surface area contributed by atoms with Crippen LogP contribution in [-0.2, 0) is 20.8 Å². The summed E-state index contributed by atoms with van der Waals surface area (Å²) in [7, 11) is 4.32. The number of aryl methyl sites for hydroxylation is 1. The van der Waals surface area contributed by atoms with Gasteiger partial charge in [0.15, 0.2) is 11.5 Å². The summed E-state index contributed by atoms with van der Waals surface area (Å²) in [5.41, 5.74) is 7.69. The summed E-state index contributed by atoms with van der Waals surface area (Å²) in [6.07, 6.45) is 0. The number of carbonyl (C=O) groups is 1. The van der Waals surface area contributed by atoms with Crippen molar-refractivity contribution in [2.45, 2.75) is 19.4 Å². The van der Waals surface area contributed by atoms with Crippen LogP contribution in [-0.4, -0.2) is 69.6 Å². The lowest BCUT2D eigenvalue weighted by atomic mass is 9.83. The highest BCUT2D eigenvalue weighted by atomic mass is 16.5. The topological polar surface area (TPSA) is 114 Å². The normalized spacial score (nSPS) is 18.0. The molecule has 188 valence electrons. The lowest BCUT2D eigenvalue weighted by molar-refractivity contribution is -0.136. The largest absolute Gasteiger partial charge is 0.493 e. The number of nitrogens with zero attached hydrogens (tertiary/aromatic N) is 2. The lowest BCUT2D eigenvalue weighted by Crippen LogP contribution is -2.40. The first-order valence-electron chi connectivity index (χ1n) is 11.4. The Morgan fingerprint density at radius 3 is 2.46 bits per heavy atom. The number of hydrogen-bond donors (Lipinski definition) is 1. The van der Waals surface area contributed by atoms with E-state index >= 15 is 0 Å². The number of morpholine rings is 1. The first kappa shape index (κ1) is 24.6. The lowest BCUT2D eigenvalue weighted by Gasteiger charge is -2.30. The maximum absolute atomic E-state index is 13.9. The van der Waals surface area contributed by atoms with Gasteiger partial charge in [0.2, 0.25) is 5.88 Å². The smallest absolute Gasteiger partial charge is 0.340 e. The van der Waals surface area contributed by atoms with E-state index in [1.165, 1.54) is 21.3 Å². The van der Waals surface area contributed by atoms with Crippen LogP contribution in [0.4, 0.5) is 0 Å². The molecule has 1 aromatic heterocycles. The number of esters is 1. The molecule has 0 amide bonds. The van der Waals surface area contributed by atoms with Crippen LogP contribution in [0.3, 0.4) is 0 Å². The Kier molecular flexibility index (Phi) is 7.32. The summed E-state index contributed by atoms with van der Waals surface area (Å²) >= 11 is 0. The molecule has 4 rings (SSSR count). The van der Waals surface area contributed by atoms with E-state index in [1.807, 2.05) is 6.92 Å². The molecular formula is C25H31N3O7. The van der Waals surface area contributed by atoms with E-state index in [-0.39, 0.29) is 17.0 Å². The van der Waals surface area contributed by atoms with Crippen molar-refractivity contribution in [1.29, 1.82) is 0 Å².